The van der Waals surface area contributed by atoms with Gasteiger partial charge in [0, 0.05) is 13.1 Å². The first-order chi connectivity index (χ1) is 8.43. The minimum absolute atomic E-state index is 0.284. The van der Waals surface area contributed by atoms with Crippen LogP contribution in [0.3, 0.4) is 0 Å². The second-order valence-corrected chi connectivity index (χ2v) is 4.38. The molecule has 3 rings (SSSR count). The highest BCUT2D eigenvalue weighted by Crippen LogP contribution is 2.22. The van der Waals surface area contributed by atoms with Gasteiger partial charge in [0.25, 0.3) is 0 Å². The second-order valence-electron chi connectivity index (χ2n) is 4.38. The van der Waals surface area contributed by atoms with Crippen LogP contribution in [-0.2, 0) is 13.1 Å². The standard InChI is InChI=1S/C15H16N2/c1-2-6-12(7-3-1)10-16-15-14-9-5-4-8-13(14)11-17-15/h1-9,15-17H,10-11H2. The molecule has 1 heterocycles. The van der Waals surface area contributed by atoms with Crippen molar-refractivity contribution in [2.24, 2.45) is 0 Å². The van der Waals surface area contributed by atoms with Crippen LogP contribution < -0.4 is 10.6 Å². The molecule has 2 nitrogen and oxygen atoms in total. The van der Waals surface area contributed by atoms with E-state index in [4.69, 9.17) is 0 Å². The Bertz CT molecular complexity index is 493. The Morgan fingerprint density at radius 1 is 1.00 bits per heavy atom. The van der Waals surface area contributed by atoms with Crippen LogP contribution >= 0.6 is 0 Å². The minimum atomic E-state index is 0.284. The highest BCUT2D eigenvalue weighted by molar-refractivity contribution is 5.33. The molecule has 1 unspecified atom stereocenters. The summed E-state index contributed by atoms with van der Waals surface area (Å²) in [4.78, 5) is 0. The number of rotatable bonds is 3. The molecule has 2 heteroatoms. The maximum atomic E-state index is 3.54. The summed E-state index contributed by atoms with van der Waals surface area (Å²) in [5, 5.41) is 7.02. The highest BCUT2D eigenvalue weighted by Gasteiger charge is 2.19. The Labute approximate surface area is 102 Å². The summed E-state index contributed by atoms with van der Waals surface area (Å²) in [5.74, 6) is 0. The van der Waals surface area contributed by atoms with Crippen molar-refractivity contribution < 1.29 is 0 Å². The molecular formula is C15H16N2. The molecule has 0 amide bonds. The summed E-state index contributed by atoms with van der Waals surface area (Å²) < 4.78 is 0. The van der Waals surface area contributed by atoms with Crippen LogP contribution in [0.2, 0.25) is 0 Å². The van der Waals surface area contributed by atoms with E-state index < -0.39 is 0 Å². The summed E-state index contributed by atoms with van der Waals surface area (Å²) >= 11 is 0. The van der Waals surface area contributed by atoms with Gasteiger partial charge in [-0.25, -0.2) is 0 Å². The van der Waals surface area contributed by atoms with Crippen molar-refractivity contribution in [3.63, 3.8) is 0 Å². The first-order valence-corrected chi connectivity index (χ1v) is 6.02. The highest BCUT2D eigenvalue weighted by atomic mass is 15.1. The lowest BCUT2D eigenvalue weighted by atomic mass is 10.1. The molecule has 17 heavy (non-hydrogen) atoms. The van der Waals surface area contributed by atoms with E-state index in [-0.39, 0.29) is 6.17 Å². The molecule has 0 fully saturated rings. The van der Waals surface area contributed by atoms with E-state index in [0.717, 1.165) is 13.1 Å². The van der Waals surface area contributed by atoms with Crippen molar-refractivity contribution in [3.05, 3.63) is 71.3 Å². The fraction of sp³-hybridized carbons (Fsp3) is 0.200. The van der Waals surface area contributed by atoms with Crippen molar-refractivity contribution in [2.75, 3.05) is 0 Å². The Balaban J connectivity index is 1.68. The predicted molar refractivity (Wildman–Crippen MR) is 69.3 cm³/mol. The zero-order valence-electron chi connectivity index (χ0n) is 9.69. The summed E-state index contributed by atoms with van der Waals surface area (Å²) in [6.45, 7) is 1.86. The molecule has 0 saturated carbocycles. The first-order valence-electron chi connectivity index (χ1n) is 6.02. The van der Waals surface area contributed by atoms with Gasteiger partial charge < -0.3 is 0 Å². The van der Waals surface area contributed by atoms with Gasteiger partial charge in [0.2, 0.25) is 0 Å². The topological polar surface area (TPSA) is 24.1 Å². The van der Waals surface area contributed by atoms with Crippen LogP contribution in [0.4, 0.5) is 0 Å². The van der Waals surface area contributed by atoms with E-state index in [1.807, 2.05) is 6.07 Å². The molecule has 0 aromatic heterocycles. The molecule has 1 aliphatic rings. The lowest BCUT2D eigenvalue weighted by Gasteiger charge is -2.14. The summed E-state index contributed by atoms with van der Waals surface area (Å²) in [5.41, 5.74) is 4.10. The molecule has 1 aliphatic heterocycles. The molecule has 1 atom stereocenters. The maximum absolute atomic E-state index is 3.54. The molecule has 0 spiro atoms. The summed E-state index contributed by atoms with van der Waals surface area (Å²) in [6.07, 6.45) is 0.284. The number of benzene rings is 2. The van der Waals surface area contributed by atoms with Crippen LogP contribution in [0.5, 0.6) is 0 Å². The second kappa shape index (κ2) is 4.70. The summed E-state index contributed by atoms with van der Waals surface area (Å²) in [6, 6.07) is 19.1. The van der Waals surface area contributed by atoms with Crippen molar-refractivity contribution in [1.82, 2.24) is 10.6 Å². The first kappa shape index (κ1) is 10.5. The number of fused-ring (bicyclic) bond motifs is 1. The Morgan fingerprint density at radius 2 is 1.76 bits per heavy atom. The van der Waals surface area contributed by atoms with E-state index in [1.54, 1.807) is 0 Å². The number of hydrogen-bond donors (Lipinski definition) is 2. The van der Waals surface area contributed by atoms with Crippen LogP contribution in [0, 0.1) is 0 Å². The maximum Gasteiger partial charge on any atom is 0.0843 e. The van der Waals surface area contributed by atoms with Gasteiger partial charge in [-0.1, -0.05) is 54.6 Å². The molecule has 2 N–H and O–H groups in total. The Kier molecular flexibility index (Phi) is 2.90. The van der Waals surface area contributed by atoms with Gasteiger partial charge in [0.05, 0.1) is 6.17 Å². The minimum Gasteiger partial charge on any atom is -0.294 e. The smallest absolute Gasteiger partial charge is 0.0843 e. The molecule has 86 valence electrons. The lowest BCUT2D eigenvalue weighted by molar-refractivity contribution is 0.470. The third kappa shape index (κ3) is 2.23. The van der Waals surface area contributed by atoms with Gasteiger partial charge in [-0.3, -0.25) is 10.6 Å². The number of hydrogen-bond acceptors (Lipinski definition) is 2. The Morgan fingerprint density at radius 3 is 2.65 bits per heavy atom. The van der Waals surface area contributed by atoms with Gasteiger partial charge in [-0.05, 0) is 16.7 Å². The van der Waals surface area contributed by atoms with Gasteiger partial charge in [0.15, 0.2) is 0 Å². The summed E-state index contributed by atoms with van der Waals surface area (Å²) in [7, 11) is 0. The van der Waals surface area contributed by atoms with Crippen molar-refractivity contribution in [2.45, 2.75) is 19.3 Å². The van der Waals surface area contributed by atoms with E-state index in [1.165, 1.54) is 16.7 Å². The molecule has 0 radical (unpaired) electrons. The number of nitrogens with one attached hydrogen (secondary N) is 2. The van der Waals surface area contributed by atoms with E-state index >= 15 is 0 Å². The fourth-order valence-corrected chi connectivity index (χ4v) is 2.30. The van der Waals surface area contributed by atoms with E-state index in [2.05, 4.69) is 59.2 Å². The van der Waals surface area contributed by atoms with Crippen LogP contribution in [0.1, 0.15) is 22.9 Å². The average molecular weight is 224 g/mol. The third-order valence-corrected chi connectivity index (χ3v) is 3.22. The van der Waals surface area contributed by atoms with Crippen LogP contribution in [0.15, 0.2) is 54.6 Å². The van der Waals surface area contributed by atoms with E-state index in [0.29, 0.717) is 0 Å². The zero-order valence-corrected chi connectivity index (χ0v) is 9.69. The van der Waals surface area contributed by atoms with Crippen molar-refractivity contribution in [1.29, 1.82) is 0 Å². The third-order valence-electron chi connectivity index (χ3n) is 3.22. The molecule has 0 bridgehead atoms. The van der Waals surface area contributed by atoms with Gasteiger partial charge in [-0.15, -0.1) is 0 Å². The quantitative estimate of drug-likeness (QED) is 0.837. The zero-order chi connectivity index (χ0) is 11.5. The molecule has 0 saturated heterocycles. The van der Waals surface area contributed by atoms with Crippen molar-refractivity contribution >= 4 is 0 Å². The van der Waals surface area contributed by atoms with Crippen LogP contribution in [0.25, 0.3) is 0 Å². The average Bonchev–Trinajstić information content (AvgIpc) is 2.81. The molecule has 2 aromatic carbocycles. The molecular weight excluding hydrogens is 208 g/mol. The molecule has 2 aromatic rings. The lowest BCUT2D eigenvalue weighted by Crippen LogP contribution is -2.28. The largest absolute Gasteiger partial charge is 0.294 e. The van der Waals surface area contributed by atoms with Gasteiger partial charge in [0.1, 0.15) is 0 Å². The normalized spacial score (nSPS) is 18.0. The molecule has 0 aliphatic carbocycles. The monoisotopic (exact) mass is 224 g/mol. The van der Waals surface area contributed by atoms with Crippen LogP contribution in [-0.4, -0.2) is 0 Å². The SMILES string of the molecule is c1ccc(CNC2NCc3ccccc32)cc1. The van der Waals surface area contributed by atoms with Gasteiger partial charge in [-0.2, -0.15) is 0 Å². The van der Waals surface area contributed by atoms with Gasteiger partial charge >= 0.3 is 0 Å². The van der Waals surface area contributed by atoms with E-state index in [9.17, 15) is 0 Å². The predicted octanol–water partition coefficient (Wildman–Crippen LogP) is 2.58. The Hall–Kier alpha value is -1.64. The van der Waals surface area contributed by atoms with Crippen molar-refractivity contribution in [3.8, 4) is 0 Å². The fourth-order valence-electron chi connectivity index (χ4n) is 2.30.